The van der Waals surface area contributed by atoms with Crippen molar-refractivity contribution in [3.63, 3.8) is 0 Å². The van der Waals surface area contributed by atoms with Gasteiger partial charge in [0, 0.05) is 30.0 Å². The van der Waals surface area contributed by atoms with Crippen LogP contribution in [0.5, 0.6) is 0 Å². The molecule has 2 N–H and O–H groups in total. The number of aromatic nitrogens is 1. The van der Waals surface area contributed by atoms with Crippen molar-refractivity contribution in [3.8, 4) is 11.3 Å². The van der Waals surface area contributed by atoms with Gasteiger partial charge >= 0.3 is 12.3 Å². The van der Waals surface area contributed by atoms with Gasteiger partial charge in [-0.3, -0.25) is 4.79 Å². The van der Waals surface area contributed by atoms with Crippen LogP contribution in [0.1, 0.15) is 88.3 Å². The Hall–Kier alpha value is -2.95. The summed E-state index contributed by atoms with van der Waals surface area (Å²) in [6.45, 7) is 11.5. The van der Waals surface area contributed by atoms with E-state index in [1.54, 1.807) is 26.8 Å². The number of nitrogens with zero attached hydrogens (tertiary/aromatic N) is 1. The normalized spacial score (nSPS) is 14.8. The Kier molecular flexibility index (Phi) is 11.5. The van der Waals surface area contributed by atoms with Crippen molar-refractivity contribution in [2.75, 3.05) is 6.54 Å². The molecule has 228 valence electrons. The summed E-state index contributed by atoms with van der Waals surface area (Å²) in [5, 5.41) is 2.90. The van der Waals surface area contributed by atoms with Gasteiger partial charge in [0.05, 0.1) is 16.0 Å². The molecule has 1 heterocycles. The maximum absolute atomic E-state index is 14.2. The molecule has 41 heavy (non-hydrogen) atoms. The van der Waals surface area contributed by atoms with Crippen LogP contribution in [0.4, 0.5) is 13.2 Å². The quantitative estimate of drug-likeness (QED) is 0.390. The molecule has 1 amide bonds. The topological polar surface area (TPSA) is 114 Å². The van der Waals surface area contributed by atoms with Gasteiger partial charge < -0.3 is 9.88 Å². The van der Waals surface area contributed by atoms with Crippen molar-refractivity contribution in [2.45, 2.75) is 96.8 Å². The second-order valence-corrected chi connectivity index (χ2v) is 13.5. The standard InChI is InChI=1S/C28H40F3N3O3S.CO2/c1-18(2)16-32-26(35)22-15-24(34(19(22)3)17-20-10-8-7-9-11-20)21-12-13-25(23(14-21)28(29,30)31)38(36,37)33-27(4,5)6;2-1-3/h12-15,18,20,33H,7-11,16-17H2,1-6H3,(H,32,35);. The van der Waals surface area contributed by atoms with Crippen LogP contribution in [0.3, 0.4) is 0 Å². The highest BCUT2D eigenvalue weighted by atomic mass is 32.2. The number of halogens is 3. The summed E-state index contributed by atoms with van der Waals surface area (Å²) in [5.41, 5.74) is -0.400. The number of amides is 1. The number of sulfonamides is 1. The van der Waals surface area contributed by atoms with E-state index in [9.17, 15) is 26.4 Å². The maximum atomic E-state index is 14.2. The fourth-order valence-corrected chi connectivity index (χ4v) is 6.60. The molecular formula is C29H40F3N3O5S. The summed E-state index contributed by atoms with van der Waals surface area (Å²) in [6.07, 6.45) is 0.779. The van der Waals surface area contributed by atoms with Gasteiger partial charge in [-0.1, -0.05) is 39.2 Å². The molecule has 0 aliphatic heterocycles. The van der Waals surface area contributed by atoms with Crippen LogP contribution >= 0.6 is 0 Å². The molecule has 0 spiro atoms. The van der Waals surface area contributed by atoms with Gasteiger partial charge in [0.25, 0.3) is 5.91 Å². The summed E-state index contributed by atoms with van der Waals surface area (Å²) < 4.78 is 72.7. The van der Waals surface area contributed by atoms with Crippen molar-refractivity contribution >= 4 is 22.1 Å². The van der Waals surface area contributed by atoms with Crippen LogP contribution in [-0.2, 0) is 32.3 Å². The van der Waals surface area contributed by atoms with Crippen molar-refractivity contribution in [2.24, 2.45) is 11.8 Å². The van der Waals surface area contributed by atoms with Gasteiger partial charge in [-0.25, -0.2) is 13.1 Å². The van der Waals surface area contributed by atoms with E-state index in [1.165, 1.54) is 12.5 Å². The number of carbonyl (C=O) groups excluding carboxylic acids is 3. The Labute approximate surface area is 240 Å². The monoisotopic (exact) mass is 599 g/mol. The van der Waals surface area contributed by atoms with Crippen LogP contribution in [-0.4, -0.2) is 37.1 Å². The molecule has 3 rings (SSSR count). The fraction of sp³-hybridized carbons (Fsp3) is 0.586. The predicted molar refractivity (Wildman–Crippen MR) is 148 cm³/mol. The summed E-state index contributed by atoms with van der Waals surface area (Å²) in [7, 11) is -4.44. The molecule has 8 nitrogen and oxygen atoms in total. The lowest BCUT2D eigenvalue weighted by Crippen LogP contribution is -2.41. The highest BCUT2D eigenvalue weighted by molar-refractivity contribution is 7.89. The lowest BCUT2D eigenvalue weighted by atomic mass is 9.89. The smallest absolute Gasteiger partial charge is 0.352 e. The highest BCUT2D eigenvalue weighted by Gasteiger charge is 2.39. The van der Waals surface area contributed by atoms with E-state index in [1.807, 2.05) is 25.3 Å². The van der Waals surface area contributed by atoms with E-state index < -0.39 is 32.2 Å². The summed E-state index contributed by atoms with van der Waals surface area (Å²) in [5.74, 6) is 0.330. The molecule has 0 atom stereocenters. The minimum Gasteiger partial charge on any atom is -0.352 e. The van der Waals surface area contributed by atoms with Crippen molar-refractivity contribution in [1.82, 2.24) is 14.6 Å². The molecular weight excluding hydrogens is 559 g/mol. The van der Waals surface area contributed by atoms with Crippen molar-refractivity contribution in [1.29, 1.82) is 0 Å². The first-order valence-electron chi connectivity index (χ1n) is 13.6. The highest BCUT2D eigenvalue weighted by Crippen LogP contribution is 2.39. The largest absolute Gasteiger partial charge is 0.417 e. The van der Waals surface area contributed by atoms with Crippen molar-refractivity contribution < 1.29 is 36.0 Å². The number of carbonyl (C=O) groups is 1. The molecule has 0 bridgehead atoms. The van der Waals surface area contributed by atoms with Crippen LogP contribution < -0.4 is 10.0 Å². The van der Waals surface area contributed by atoms with Crippen LogP contribution in [0.25, 0.3) is 11.3 Å². The third-order valence-corrected chi connectivity index (χ3v) is 8.57. The molecule has 0 unspecified atom stereocenters. The third-order valence-electron chi connectivity index (χ3n) is 6.76. The number of nitrogens with one attached hydrogen (secondary N) is 2. The van der Waals surface area contributed by atoms with Crippen LogP contribution in [0.15, 0.2) is 29.2 Å². The molecule has 0 saturated heterocycles. The van der Waals surface area contributed by atoms with Crippen LogP contribution in [0, 0.1) is 18.8 Å². The van der Waals surface area contributed by atoms with E-state index in [0.717, 1.165) is 37.8 Å². The molecule has 1 aliphatic carbocycles. The molecule has 1 aliphatic rings. The molecule has 1 aromatic carbocycles. The molecule has 0 radical (unpaired) electrons. The summed E-state index contributed by atoms with van der Waals surface area (Å²) in [4.78, 5) is 28.4. The van der Waals surface area contributed by atoms with E-state index in [4.69, 9.17) is 9.59 Å². The SMILES string of the molecule is Cc1c(C(=O)NCC(C)C)cc(-c2ccc(S(=O)(=O)NC(C)(C)C)c(C(F)(F)F)c2)n1CC1CCCCC1.O=C=O. The zero-order valence-electron chi connectivity index (χ0n) is 24.4. The number of alkyl halides is 3. The van der Waals surface area contributed by atoms with E-state index in [-0.39, 0.29) is 23.5 Å². The number of hydrogen-bond donors (Lipinski definition) is 2. The molecule has 1 aromatic heterocycles. The van der Waals surface area contributed by atoms with Gasteiger partial charge in [0.15, 0.2) is 0 Å². The first-order valence-corrected chi connectivity index (χ1v) is 15.1. The minimum atomic E-state index is -4.90. The maximum Gasteiger partial charge on any atom is 0.417 e. The number of rotatable bonds is 8. The number of benzene rings is 1. The van der Waals surface area contributed by atoms with E-state index in [2.05, 4.69) is 10.0 Å². The zero-order chi connectivity index (χ0) is 31.2. The Morgan fingerprint density at radius 1 is 1.07 bits per heavy atom. The molecule has 2 aromatic rings. The summed E-state index contributed by atoms with van der Waals surface area (Å²) in [6, 6.07) is 4.93. The first-order chi connectivity index (χ1) is 18.9. The second kappa shape index (κ2) is 13.8. The number of hydrogen-bond acceptors (Lipinski definition) is 5. The van der Waals surface area contributed by atoms with Crippen LogP contribution in [0.2, 0.25) is 0 Å². The zero-order valence-corrected chi connectivity index (χ0v) is 25.3. The second-order valence-electron chi connectivity index (χ2n) is 11.9. The summed E-state index contributed by atoms with van der Waals surface area (Å²) >= 11 is 0. The average Bonchev–Trinajstić information content (AvgIpc) is 3.17. The Bertz CT molecular complexity index is 1350. The Morgan fingerprint density at radius 3 is 2.17 bits per heavy atom. The van der Waals surface area contributed by atoms with Crippen molar-refractivity contribution in [3.05, 3.63) is 41.1 Å². The first kappa shape index (κ1) is 34.3. The molecule has 12 heteroatoms. The molecule has 1 saturated carbocycles. The van der Waals surface area contributed by atoms with Gasteiger partial charge in [0.2, 0.25) is 10.0 Å². The lowest BCUT2D eigenvalue weighted by Gasteiger charge is -2.25. The third kappa shape index (κ3) is 9.55. The van der Waals surface area contributed by atoms with Gasteiger partial charge in [-0.05, 0) is 76.1 Å². The minimum absolute atomic E-state index is 0.217. The Balaban J connectivity index is 0.00000187. The van der Waals surface area contributed by atoms with Gasteiger partial charge in [-0.15, -0.1) is 0 Å². The van der Waals surface area contributed by atoms with E-state index in [0.29, 0.717) is 36.0 Å². The molecule has 1 fully saturated rings. The Morgan fingerprint density at radius 2 is 1.66 bits per heavy atom. The van der Waals surface area contributed by atoms with E-state index >= 15 is 0 Å². The predicted octanol–water partition coefficient (Wildman–Crippen LogP) is 5.94. The lowest BCUT2D eigenvalue weighted by molar-refractivity contribution is -0.191. The fourth-order valence-electron chi connectivity index (χ4n) is 4.97. The van der Waals surface area contributed by atoms with Gasteiger partial charge in [-0.2, -0.15) is 22.8 Å². The van der Waals surface area contributed by atoms with Gasteiger partial charge in [0.1, 0.15) is 0 Å². The average molecular weight is 600 g/mol.